The fraction of sp³-hybridized carbons (Fsp3) is 0.409. The number of likely N-dealkylation sites (tertiary alicyclic amines) is 1. The van der Waals surface area contributed by atoms with Gasteiger partial charge < -0.3 is 4.90 Å². The van der Waals surface area contributed by atoms with Crippen molar-refractivity contribution in [2.75, 3.05) is 24.1 Å². The molecule has 1 amide bonds. The van der Waals surface area contributed by atoms with Gasteiger partial charge in [0.15, 0.2) is 0 Å². The van der Waals surface area contributed by atoms with Crippen molar-refractivity contribution in [3.05, 3.63) is 63.6 Å². The van der Waals surface area contributed by atoms with Crippen LogP contribution in [0.1, 0.15) is 24.5 Å². The van der Waals surface area contributed by atoms with Crippen molar-refractivity contribution in [2.45, 2.75) is 25.2 Å². The number of nitrogens with zero attached hydrogens (tertiary/aromatic N) is 1. The molecule has 1 aliphatic heterocycles. The number of nitrogens with one attached hydrogen (secondary N) is 1. The van der Waals surface area contributed by atoms with Crippen LogP contribution in [-0.2, 0) is 26.7 Å². The summed E-state index contributed by atoms with van der Waals surface area (Å²) in [4.78, 5) is 14.8. The molecule has 2 aromatic rings. The van der Waals surface area contributed by atoms with Crippen LogP contribution in [0.3, 0.4) is 0 Å². The molecule has 4 rings (SSSR count). The van der Waals surface area contributed by atoms with Crippen LogP contribution >= 0.6 is 23.2 Å². The molecule has 1 N–H and O–H groups in total. The van der Waals surface area contributed by atoms with E-state index in [4.69, 9.17) is 23.2 Å². The van der Waals surface area contributed by atoms with Crippen LogP contribution in [0.5, 0.6) is 0 Å². The van der Waals surface area contributed by atoms with Gasteiger partial charge in [-0.15, -0.1) is 0 Å². The molecule has 1 saturated carbocycles. The van der Waals surface area contributed by atoms with Crippen molar-refractivity contribution in [3.63, 3.8) is 0 Å². The maximum atomic E-state index is 12.8. The third-order valence-corrected chi connectivity index (χ3v) is 7.85. The zero-order chi connectivity index (χ0) is 21.7. The maximum Gasteiger partial charge on any atom is 0.229 e. The zero-order valence-electron chi connectivity index (χ0n) is 16.9. The first-order valence-electron chi connectivity index (χ1n) is 9.90. The highest BCUT2D eigenvalue weighted by molar-refractivity contribution is 7.92. The molecule has 8 heteroatoms. The summed E-state index contributed by atoms with van der Waals surface area (Å²) in [6, 6.07) is 13.0. The molecule has 3 atom stereocenters. The van der Waals surface area contributed by atoms with Gasteiger partial charge in [-0.25, -0.2) is 8.42 Å². The van der Waals surface area contributed by atoms with E-state index in [1.165, 1.54) is 0 Å². The minimum Gasteiger partial charge on any atom is -0.341 e. The summed E-state index contributed by atoms with van der Waals surface area (Å²) in [5, 5.41) is 1.01. The van der Waals surface area contributed by atoms with E-state index in [1.54, 1.807) is 12.1 Å². The molecule has 0 spiro atoms. The fourth-order valence-corrected chi connectivity index (χ4v) is 5.75. The molecule has 2 aromatic carbocycles. The quantitative estimate of drug-likeness (QED) is 0.687. The molecular formula is C22H24Cl2N2O3S. The molecule has 2 aliphatic rings. The Bertz CT molecular complexity index is 1110. The highest BCUT2D eigenvalue weighted by Gasteiger charge is 2.67. The normalized spacial score (nSPS) is 25.1. The molecule has 30 heavy (non-hydrogen) atoms. The molecule has 160 valence electrons. The first-order valence-corrected chi connectivity index (χ1v) is 12.5. The first-order chi connectivity index (χ1) is 14.1. The van der Waals surface area contributed by atoms with E-state index in [9.17, 15) is 13.2 Å². The van der Waals surface area contributed by atoms with Gasteiger partial charge >= 0.3 is 0 Å². The van der Waals surface area contributed by atoms with Crippen LogP contribution in [0.25, 0.3) is 0 Å². The minimum absolute atomic E-state index is 0.0889. The van der Waals surface area contributed by atoms with E-state index >= 15 is 0 Å². The lowest BCUT2D eigenvalue weighted by Gasteiger charge is -2.24. The Morgan fingerprint density at radius 1 is 1.20 bits per heavy atom. The largest absolute Gasteiger partial charge is 0.341 e. The van der Waals surface area contributed by atoms with Crippen LogP contribution in [0.4, 0.5) is 5.69 Å². The lowest BCUT2D eigenvalue weighted by Crippen LogP contribution is -2.34. The van der Waals surface area contributed by atoms with Gasteiger partial charge in [-0.3, -0.25) is 9.52 Å². The summed E-state index contributed by atoms with van der Waals surface area (Å²) in [6.07, 6.45) is 2.18. The second-order valence-electron chi connectivity index (χ2n) is 8.41. The number of amides is 1. The minimum atomic E-state index is -3.33. The topological polar surface area (TPSA) is 66.5 Å². The predicted octanol–water partition coefficient (Wildman–Crippen LogP) is 4.34. The van der Waals surface area contributed by atoms with Crippen molar-refractivity contribution >= 4 is 44.8 Å². The summed E-state index contributed by atoms with van der Waals surface area (Å²) >= 11 is 12.0. The number of aryl methyl sites for hydroxylation is 1. The Morgan fingerprint density at radius 2 is 1.97 bits per heavy atom. The number of sulfonamides is 1. The van der Waals surface area contributed by atoms with Crippen molar-refractivity contribution < 1.29 is 13.2 Å². The van der Waals surface area contributed by atoms with Crippen LogP contribution in [-0.4, -0.2) is 38.6 Å². The number of rotatable bonds is 6. The van der Waals surface area contributed by atoms with E-state index in [0.29, 0.717) is 47.0 Å². The number of benzene rings is 2. The van der Waals surface area contributed by atoms with Crippen molar-refractivity contribution in [1.82, 2.24) is 4.90 Å². The smallest absolute Gasteiger partial charge is 0.229 e. The number of carbonyl (C=O) groups excluding carboxylic acids is 1. The lowest BCUT2D eigenvalue weighted by molar-refractivity contribution is -0.130. The SMILES string of the molecule is CC1C2CN(C(=O)CCc3ccc(Cl)c(Cl)c3)CC12c1cccc(NS(C)(=O)=O)c1. The number of hydrogen-bond acceptors (Lipinski definition) is 3. The number of fused-ring (bicyclic) bond motifs is 1. The molecule has 0 bridgehead atoms. The lowest BCUT2D eigenvalue weighted by atomic mass is 9.92. The Balaban J connectivity index is 1.44. The second-order valence-corrected chi connectivity index (χ2v) is 11.0. The molecule has 1 aliphatic carbocycles. The molecule has 1 saturated heterocycles. The van der Waals surface area contributed by atoms with E-state index in [1.807, 2.05) is 35.2 Å². The first kappa shape index (κ1) is 21.5. The molecule has 5 nitrogen and oxygen atoms in total. The molecule has 0 aromatic heterocycles. The van der Waals surface area contributed by atoms with E-state index in [2.05, 4.69) is 11.6 Å². The summed E-state index contributed by atoms with van der Waals surface area (Å²) in [5.74, 6) is 0.996. The van der Waals surface area contributed by atoms with Gasteiger partial charge in [0, 0.05) is 30.6 Å². The van der Waals surface area contributed by atoms with Gasteiger partial charge in [-0.1, -0.05) is 48.3 Å². The number of anilines is 1. The highest BCUT2D eigenvalue weighted by atomic mass is 35.5. The number of piperidine rings is 1. The maximum absolute atomic E-state index is 12.8. The Labute approximate surface area is 187 Å². The number of halogens is 2. The van der Waals surface area contributed by atoms with E-state index in [0.717, 1.165) is 23.9 Å². The van der Waals surface area contributed by atoms with Crippen LogP contribution in [0, 0.1) is 11.8 Å². The van der Waals surface area contributed by atoms with Gasteiger partial charge in [0.2, 0.25) is 15.9 Å². The van der Waals surface area contributed by atoms with Crippen molar-refractivity contribution in [2.24, 2.45) is 11.8 Å². The fourth-order valence-electron chi connectivity index (χ4n) is 4.88. The highest BCUT2D eigenvalue weighted by Crippen LogP contribution is 2.64. The Kier molecular flexibility index (Phi) is 5.54. The van der Waals surface area contributed by atoms with Gasteiger partial charge in [-0.2, -0.15) is 0 Å². The van der Waals surface area contributed by atoms with Crippen LogP contribution in [0.2, 0.25) is 10.0 Å². The average Bonchev–Trinajstić information content (AvgIpc) is 3.04. The average molecular weight is 467 g/mol. The molecular weight excluding hydrogens is 443 g/mol. The van der Waals surface area contributed by atoms with Crippen LogP contribution < -0.4 is 4.72 Å². The summed E-state index contributed by atoms with van der Waals surface area (Å²) in [7, 11) is -3.33. The molecule has 1 heterocycles. The van der Waals surface area contributed by atoms with Gasteiger partial charge in [0.05, 0.1) is 16.3 Å². The third kappa shape index (κ3) is 4.05. The monoisotopic (exact) mass is 466 g/mol. The van der Waals surface area contributed by atoms with Gasteiger partial charge in [-0.05, 0) is 53.6 Å². The third-order valence-electron chi connectivity index (χ3n) is 6.51. The van der Waals surface area contributed by atoms with Crippen molar-refractivity contribution in [1.29, 1.82) is 0 Å². The molecule has 2 fully saturated rings. The zero-order valence-corrected chi connectivity index (χ0v) is 19.2. The van der Waals surface area contributed by atoms with Gasteiger partial charge in [0.1, 0.15) is 0 Å². The number of carbonyl (C=O) groups is 1. The molecule has 0 radical (unpaired) electrons. The summed E-state index contributed by atoms with van der Waals surface area (Å²) in [5.41, 5.74) is 2.55. The number of hydrogen-bond donors (Lipinski definition) is 1. The van der Waals surface area contributed by atoms with Gasteiger partial charge in [0.25, 0.3) is 0 Å². The van der Waals surface area contributed by atoms with E-state index < -0.39 is 10.0 Å². The standard InChI is InChI=1S/C22H24Cl2N2O3S/c1-14-18-12-26(21(27)9-7-15-6-8-19(23)20(24)10-15)13-22(14,18)16-4-3-5-17(11-16)25-30(2,28)29/h3-6,8,10-11,14,18,25H,7,9,12-13H2,1-2H3. The predicted molar refractivity (Wildman–Crippen MR) is 121 cm³/mol. The molecule has 3 unspecified atom stereocenters. The second kappa shape index (κ2) is 7.74. The summed E-state index contributed by atoms with van der Waals surface area (Å²) < 4.78 is 25.7. The Hall–Kier alpha value is -1.76. The summed E-state index contributed by atoms with van der Waals surface area (Å²) in [6.45, 7) is 3.62. The van der Waals surface area contributed by atoms with E-state index in [-0.39, 0.29) is 11.3 Å². The van der Waals surface area contributed by atoms with Crippen LogP contribution in [0.15, 0.2) is 42.5 Å². The Morgan fingerprint density at radius 3 is 2.67 bits per heavy atom. The van der Waals surface area contributed by atoms with Crippen molar-refractivity contribution in [3.8, 4) is 0 Å².